The van der Waals surface area contributed by atoms with Crippen LogP contribution in [0.15, 0.2) is 91.1 Å². The summed E-state index contributed by atoms with van der Waals surface area (Å²) < 4.78 is 6.50. The van der Waals surface area contributed by atoms with Gasteiger partial charge in [-0.25, -0.2) is 0 Å². The predicted molar refractivity (Wildman–Crippen MR) is 141 cm³/mol. The molecule has 0 saturated heterocycles. The van der Waals surface area contributed by atoms with E-state index in [1.165, 1.54) is 0 Å². The van der Waals surface area contributed by atoms with Crippen LogP contribution in [0.2, 0.25) is 0 Å². The minimum absolute atomic E-state index is 0.557. The average molecular weight is 532 g/mol. The van der Waals surface area contributed by atoms with Crippen LogP contribution < -0.4 is 4.74 Å². The second kappa shape index (κ2) is 10.8. The molecular weight excluding hydrogens is 508 g/mol. The number of ether oxygens (including phenoxy) is 1. The van der Waals surface area contributed by atoms with Crippen LogP contribution in [0.3, 0.4) is 0 Å². The van der Waals surface area contributed by atoms with Crippen molar-refractivity contribution in [1.29, 1.82) is 5.26 Å². The number of hydrazone groups is 1. The van der Waals surface area contributed by atoms with Crippen LogP contribution in [0.5, 0.6) is 5.75 Å². The number of aryl methyl sites for hydroxylation is 1. The number of hydrogen-bond donors (Lipinski definition) is 0. The average Bonchev–Trinajstić information content (AvgIpc) is 3.40. The fourth-order valence-corrected chi connectivity index (χ4v) is 5.37. The molecule has 170 valence electrons. The zero-order valence-corrected chi connectivity index (χ0v) is 21.4. The van der Waals surface area contributed by atoms with Crippen molar-refractivity contribution in [3.8, 4) is 11.8 Å². The van der Waals surface area contributed by atoms with Gasteiger partial charge in [0.15, 0.2) is 0 Å². The zero-order chi connectivity index (χ0) is 24.0. The molecule has 0 radical (unpaired) electrons. The summed E-state index contributed by atoms with van der Waals surface area (Å²) in [6, 6.07) is 25.1. The van der Waals surface area contributed by atoms with Gasteiger partial charge in [-0.1, -0.05) is 64.9 Å². The highest BCUT2D eigenvalue weighted by molar-refractivity contribution is 9.10. The van der Waals surface area contributed by atoms with E-state index in [4.69, 9.17) is 4.74 Å². The van der Waals surface area contributed by atoms with Gasteiger partial charge in [-0.2, -0.15) is 5.26 Å². The topological polar surface area (TPSA) is 61.0 Å². The van der Waals surface area contributed by atoms with Gasteiger partial charge in [0, 0.05) is 19.5 Å². The van der Waals surface area contributed by atoms with Crippen molar-refractivity contribution in [3.05, 3.63) is 87.9 Å². The Balaban J connectivity index is 1.75. The van der Waals surface area contributed by atoms with E-state index in [9.17, 15) is 5.26 Å². The van der Waals surface area contributed by atoms with Crippen molar-refractivity contribution in [1.82, 2.24) is 5.01 Å². The molecule has 0 bridgehead atoms. The molecule has 4 rings (SSSR count). The van der Waals surface area contributed by atoms with E-state index < -0.39 is 5.41 Å². The highest BCUT2D eigenvalue weighted by Crippen LogP contribution is 2.41. The molecule has 1 unspecified atom stereocenters. The molecule has 0 saturated carbocycles. The fourth-order valence-electron chi connectivity index (χ4n) is 4.11. The number of hydrogen-bond acceptors (Lipinski definition) is 6. The Morgan fingerprint density at radius 1 is 1.15 bits per heavy atom. The Kier molecular flexibility index (Phi) is 7.64. The van der Waals surface area contributed by atoms with Gasteiger partial charge in [0.05, 0.1) is 24.6 Å². The van der Waals surface area contributed by atoms with Gasteiger partial charge in [-0.3, -0.25) is 0 Å². The lowest BCUT2D eigenvalue weighted by Crippen LogP contribution is -2.32. The summed E-state index contributed by atoms with van der Waals surface area (Å²) in [5.41, 5.74) is 2.30. The summed E-state index contributed by atoms with van der Waals surface area (Å²) >= 11 is 5.18. The highest BCUT2D eigenvalue weighted by atomic mass is 79.9. The van der Waals surface area contributed by atoms with Gasteiger partial charge in [0.2, 0.25) is 0 Å². The molecule has 5 nitrogen and oxygen atoms in total. The van der Waals surface area contributed by atoms with Crippen molar-refractivity contribution in [3.63, 3.8) is 0 Å². The maximum Gasteiger partial charge on any atom is 0.371 e. The summed E-state index contributed by atoms with van der Waals surface area (Å²) in [7, 11) is 1.69. The van der Waals surface area contributed by atoms with Gasteiger partial charge in [-0.05, 0) is 65.9 Å². The number of aliphatic imine (C=N–C) groups is 1. The smallest absolute Gasteiger partial charge is 0.371 e. The SMILES string of the molecule is CCc1cc(Sc2ccccc2OC)ccc1C(C#N)(CCN1C=N[C+]=N1)c1ccc(Br)cc1. The third kappa shape index (κ3) is 5.00. The van der Waals surface area contributed by atoms with Crippen molar-refractivity contribution in [2.75, 3.05) is 13.7 Å². The van der Waals surface area contributed by atoms with Gasteiger partial charge in [0.25, 0.3) is 6.34 Å². The maximum absolute atomic E-state index is 10.6. The van der Waals surface area contributed by atoms with Crippen LogP contribution in [0.4, 0.5) is 0 Å². The van der Waals surface area contributed by atoms with Crippen LogP contribution in [0.25, 0.3) is 0 Å². The number of methoxy groups -OCH3 is 1. The standard InChI is InChI=1S/C27H24BrN4OS/c1-3-20-16-23(34-26-7-5-4-6-25(26)33-2)12-13-24(20)27(17-29,14-15-32-19-30-18-31-32)21-8-10-22(28)11-9-21/h4-13,16,19H,3,14-15H2,1-2H3/q+1. The third-order valence-corrected chi connectivity index (χ3v) is 7.46. The quantitative estimate of drug-likeness (QED) is 0.294. The largest absolute Gasteiger partial charge is 0.496 e. The Morgan fingerprint density at radius 3 is 2.62 bits per heavy atom. The first-order valence-corrected chi connectivity index (χ1v) is 12.6. The number of benzene rings is 3. The molecule has 1 aliphatic heterocycles. The minimum atomic E-state index is -0.828. The second-order valence-corrected chi connectivity index (χ2v) is 9.84. The van der Waals surface area contributed by atoms with E-state index in [0.717, 1.165) is 43.1 Å². The molecule has 1 atom stereocenters. The van der Waals surface area contributed by atoms with E-state index in [-0.39, 0.29) is 0 Å². The van der Waals surface area contributed by atoms with Crippen LogP contribution in [-0.2, 0) is 11.8 Å². The summed E-state index contributed by atoms with van der Waals surface area (Å²) in [5, 5.41) is 16.5. The molecule has 7 heteroatoms. The second-order valence-electron chi connectivity index (χ2n) is 7.81. The normalized spacial score (nSPS) is 13.9. The summed E-state index contributed by atoms with van der Waals surface area (Å²) in [6.45, 7) is 2.69. The molecule has 34 heavy (non-hydrogen) atoms. The Morgan fingerprint density at radius 2 is 1.94 bits per heavy atom. The minimum Gasteiger partial charge on any atom is -0.496 e. The first kappa shape index (κ1) is 24.0. The fraction of sp³-hybridized carbons (Fsp3) is 0.222. The monoisotopic (exact) mass is 531 g/mol. The van der Waals surface area contributed by atoms with Crippen molar-refractivity contribution in [2.24, 2.45) is 10.1 Å². The molecule has 1 heterocycles. The molecule has 0 aromatic heterocycles. The lowest BCUT2D eigenvalue weighted by molar-refractivity contribution is 0.405. The lowest BCUT2D eigenvalue weighted by Gasteiger charge is -2.30. The van der Waals surface area contributed by atoms with Gasteiger partial charge in [0.1, 0.15) is 11.2 Å². The van der Waals surface area contributed by atoms with Crippen LogP contribution >= 0.6 is 27.7 Å². The first-order valence-electron chi connectivity index (χ1n) is 11.0. The summed E-state index contributed by atoms with van der Waals surface area (Å²) in [4.78, 5) is 6.10. The molecule has 0 N–H and O–H groups in total. The number of nitriles is 1. The molecule has 1 aliphatic rings. The van der Waals surface area contributed by atoms with Gasteiger partial charge < -0.3 is 4.74 Å². The van der Waals surface area contributed by atoms with Crippen molar-refractivity contribution >= 4 is 40.4 Å². The molecule has 0 fully saturated rings. The van der Waals surface area contributed by atoms with Crippen molar-refractivity contribution in [2.45, 2.75) is 35.0 Å². The number of rotatable bonds is 9. The molecule has 0 amide bonds. The van der Waals surface area contributed by atoms with Crippen LogP contribution in [0, 0.1) is 11.3 Å². The molecule has 3 aromatic carbocycles. The Bertz CT molecular complexity index is 1240. The third-order valence-electron chi connectivity index (χ3n) is 5.88. The molecule has 0 spiro atoms. The molecule has 3 aromatic rings. The predicted octanol–water partition coefficient (Wildman–Crippen LogP) is 6.54. The van der Waals surface area contributed by atoms with Gasteiger partial charge >= 0.3 is 6.34 Å². The zero-order valence-electron chi connectivity index (χ0n) is 19.0. The maximum atomic E-state index is 10.6. The highest BCUT2D eigenvalue weighted by Gasteiger charge is 2.37. The Hall–Kier alpha value is -3.17. The summed E-state index contributed by atoms with van der Waals surface area (Å²) in [6.07, 6.45) is 5.61. The van der Waals surface area contributed by atoms with Crippen molar-refractivity contribution < 1.29 is 4.74 Å². The lowest BCUT2D eigenvalue weighted by atomic mass is 9.71. The van der Waals surface area contributed by atoms with E-state index in [2.05, 4.69) is 69.6 Å². The number of halogens is 1. The van der Waals surface area contributed by atoms with E-state index in [1.54, 1.807) is 30.2 Å². The first-order chi connectivity index (χ1) is 16.6. The van der Waals surface area contributed by atoms with Crippen LogP contribution in [0.1, 0.15) is 30.0 Å². The molecule has 0 aliphatic carbocycles. The van der Waals surface area contributed by atoms with E-state index >= 15 is 0 Å². The van der Waals surface area contributed by atoms with E-state index in [0.29, 0.717) is 13.0 Å². The summed E-state index contributed by atoms with van der Waals surface area (Å²) in [5.74, 6) is 0.848. The van der Waals surface area contributed by atoms with Crippen LogP contribution in [-0.4, -0.2) is 31.3 Å². The Labute approximate surface area is 213 Å². The number of para-hydroxylation sites is 1. The molecular formula is C27H24BrN4OS+. The number of nitrogens with zero attached hydrogens (tertiary/aromatic N) is 4. The van der Waals surface area contributed by atoms with E-state index in [1.807, 2.05) is 42.5 Å². The van der Waals surface area contributed by atoms with Gasteiger partial charge in [-0.15, -0.1) is 5.01 Å².